The van der Waals surface area contributed by atoms with Crippen molar-refractivity contribution in [3.05, 3.63) is 89.8 Å². The van der Waals surface area contributed by atoms with Crippen molar-refractivity contribution in [3.8, 4) is 0 Å². The van der Waals surface area contributed by atoms with Gasteiger partial charge in [-0.25, -0.2) is 0 Å². The zero-order valence-electron chi connectivity index (χ0n) is 14.1. The van der Waals surface area contributed by atoms with Gasteiger partial charge < -0.3 is 5.32 Å². The maximum Gasteiger partial charge on any atom is 0.416 e. The Morgan fingerprint density at radius 3 is 2.67 bits per heavy atom. The molecule has 0 atom stereocenters. The number of hydrogen-bond donors (Lipinski definition) is 1. The normalized spacial score (nSPS) is 11.7. The van der Waals surface area contributed by atoms with E-state index in [0.29, 0.717) is 17.8 Å². The van der Waals surface area contributed by atoms with Crippen LogP contribution in [0.3, 0.4) is 0 Å². The number of aromatic nitrogens is 2. The summed E-state index contributed by atoms with van der Waals surface area (Å²) in [5.74, 6) is -0.430. The van der Waals surface area contributed by atoms with Crippen LogP contribution in [-0.4, -0.2) is 15.7 Å². The highest BCUT2D eigenvalue weighted by molar-refractivity contribution is 6.02. The molecule has 0 bridgehead atoms. The van der Waals surface area contributed by atoms with Gasteiger partial charge in [-0.15, -0.1) is 0 Å². The molecule has 1 amide bonds. The van der Waals surface area contributed by atoms with Crippen molar-refractivity contribution in [1.29, 1.82) is 0 Å². The molecule has 0 spiro atoms. The predicted octanol–water partition coefficient (Wildman–Crippen LogP) is 4.60. The number of halogens is 3. The second-order valence-corrected chi connectivity index (χ2v) is 5.81. The van der Waals surface area contributed by atoms with E-state index in [1.807, 2.05) is 18.3 Å². The lowest BCUT2D eigenvalue weighted by Crippen LogP contribution is -2.11. The molecule has 0 aliphatic rings. The molecular weight excluding hydrogens is 355 g/mol. The first-order chi connectivity index (χ1) is 12.9. The number of benzene rings is 2. The van der Waals surface area contributed by atoms with Crippen molar-refractivity contribution in [2.75, 3.05) is 5.32 Å². The SMILES string of the molecule is O=C(/C=C/c1cccc(C(F)(F)F)c1)Nc1ccccc1Cn1cccn1. The summed E-state index contributed by atoms with van der Waals surface area (Å²) in [6.45, 7) is 0.487. The molecule has 0 aliphatic heterocycles. The quantitative estimate of drug-likeness (QED) is 0.666. The minimum absolute atomic E-state index is 0.296. The smallest absolute Gasteiger partial charge is 0.322 e. The summed E-state index contributed by atoms with van der Waals surface area (Å²) in [5, 5.41) is 6.88. The summed E-state index contributed by atoms with van der Waals surface area (Å²) in [4.78, 5) is 12.2. The second-order valence-electron chi connectivity index (χ2n) is 5.81. The maximum atomic E-state index is 12.7. The van der Waals surface area contributed by atoms with Gasteiger partial charge in [0.05, 0.1) is 12.1 Å². The van der Waals surface area contributed by atoms with E-state index >= 15 is 0 Å². The summed E-state index contributed by atoms with van der Waals surface area (Å²) in [6, 6.07) is 13.9. The number of carbonyl (C=O) groups is 1. The van der Waals surface area contributed by atoms with Gasteiger partial charge in [0.25, 0.3) is 0 Å². The largest absolute Gasteiger partial charge is 0.416 e. The van der Waals surface area contributed by atoms with Gasteiger partial charge in [-0.3, -0.25) is 9.48 Å². The molecule has 2 aromatic carbocycles. The number of rotatable bonds is 5. The van der Waals surface area contributed by atoms with Crippen molar-refractivity contribution in [1.82, 2.24) is 9.78 Å². The molecule has 0 unspecified atom stereocenters. The van der Waals surface area contributed by atoms with E-state index in [-0.39, 0.29) is 0 Å². The summed E-state index contributed by atoms with van der Waals surface area (Å²) < 4.78 is 40.0. The van der Waals surface area contributed by atoms with Crippen molar-refractivity contribution in [2.24, 2.45) is 0 Å². The van der Waals surface area contributed by atoms with Gasteiger partial charge in [0.2, 0.25) is 5.91 Å². The van der Waals surface area contributed by atoms with Crippen LogP contribution in [0.4, 0.5) is 18.9 Å². The van der Waals surface area contributed by atoms with Crippen LogP contribution in [0.1, 0.15) is 16.7 Å². The fourth-order valence-corrected chi connectivity index (χ4v) is 2.51. The standard InChI is InChI=1S/C20H16F3N3O/c21-20(22,23)17-7-3-5-15(13-17)9-10-19(27)25-18-8-2-1-6-16(18)14-26-12-4-11-24-26/h1-13H,14H2,(H,25,27)/b10-9+. The van der Waals surface area contributed by atoms with E-state index in [0.717, 1.165) is 17.7 Å². The van der Waals surface area contributed by atoms with E-state index in [4.69, 9.17) is 0 Å². The third-order valence-corrected chi connectivity index (χ3v) is 3.81. The van der Waals surface area contributed by atoms with Crippen molar-refractivity contribution < 1.29 is 18.0 Å². The van der Waals surface area contributed by atoms with Crippen LogP contribution >= 0.6 is 0 Å². The molecule has 1 aromatic heterocycles. The molecule has 4 nitrogen and oxygen atoms in total. The van der Waals surface area contributed by atoms with Gasteiger partial charge in [-0.05, 0) is 41.5 Å². The highest BCUT2D eigenvalue weighted by Crippen LogP contribution is 2.29. The van der Waals surface area contributed by atoms with E-state index < -0.39 is 17.6 Å². The molecule has 1 N–H and O–H groups in total. The van der Waals surface area contributed by atoms with E-state index in [2.05, 4.69) is 10.4 Å². The fourth-order valence-electron chi connectivity index (χ4n) is 2.51. The molecule has 0 saturated heterocycles. The molecule has 138 valence electrons. The first kappa shape index (κ1) is 18.4. The third kappa shape index (κ3) is 5.07. The van der Waals surface area contributed by atoms with Crippen LogP contribution in [-0.2, 0) is 17.5 Å². The van der Waals surface area contributed by atoms with Gasteiger partial charge in [0.15, 0.2) is 0 Å². The Morgan fingerprint density at radius 1 is 1.11 bits per heavy atom. The van der Waals surface area contributed by atoms with Crippen molar-refractivity contribution >= 4 is 17.7 Å². The Labute approximate surface area is 153 Å². The number of para-hydroxylation sites is 1. The van der Waals surface area contributed by atoms with Crippen LogP contribution < -0.4 is 5.32 Å². The number of amides is 1. The second kappa shape index (κ2) is 7.90. The molecule has 1 heterocycles. The zero-order chi connectivity index (χ0) is 19.3. The number of anilines is 1. The van der Waals surface area contributed by atoms with Gasteiger partial charge in [-0.1, -0.05) is 30.3 Å². The summed E-state index contributed by atoms with van der Waals surface area (Å²) in [6.07, 6.45) is 1.61. The monoisotopic (exact) mass is 371 g/mol. The van der Waals surface area contributed by atoms with Gasteiger partial charge in [0, 0.05) is 24.2 Å². The molecule has 0 aliphatic carbocycles. The van der Waals surface area contributed by atoms with E-state index in [1.54, 1.807) is 29.1 Å². The van der Waals surface area contributed by atoms with Gasteiger partial charge in [-0.2, -0.15) is 18.3 Å². The van der Waals surface area contributed by atoms with Crippen LogP contribution in [0.2, 0.25) is 0 Å². The number of nitrogens with zero attached hydrogens (tertiary/aromatic N) is 2. The Bertz CT molecular complexity index is 947. The molecule has 3 rings (SSSR count). The first-order valence-corrected chi connectivity index (χ1v) is 8.13. The number of alkyl halides is 3. The summed E-state index contributed by atoms with van der Waals surface area (Å²) >= 11 is 0. The van der Waals surface area contributed by atoms with E-state index in [1.165, 1.54) is 24.3 Å². The number of carbonyl (C=O) groups excluding carboxylic acids is 1. The van der Waals surface area contributed by atoms with Crippen LogP contribution in [0.5, 0.6) is 0 Å². The Kier molecular flexibility index (Phi) is 5.40. The highest BCUT2D eigenvalue weighted by Gasteiger charge is 2.30. The molecule has 27 heavy (non-hydrogen) atoms. The molecule has 0 saturated carbocycles. The lowest BCUT2D eigenvalue weighted by molar-refractivity contribution is -0.137. The van der Waals surface area contributed by atoms with Crippen LogP contribution in [0.25, 0.3) is 6.08 Å². The Balaban J connectivity index is 1.70. The predicted molar refractivity (Wildman–Crippen MR) is 96.9 cm³/mol. The molecule has 3 aromatic rings. The molecule has 7 heteroatoms. The average molecular weight is 371 g/mol. The van der Waals surface area contributed by atoms with Crippen LogP contribution in [0.15, 0.2) is 73.1 Å². The minimum atomic E-state index is -4.42. The Hall–Kier alpha value is -3.35. The van der Waals surface area contributed by atoms with Gasteiger partial charge in [0.1, 0.15) is 0 Å². The topological polar surface area (TPSA) is 46.9 Å². The molecular formula is C20H16F3N3O. The summed E-state index contributed by atoms with van der Waals surface area (Å²) in [7, 11) is 0. The lowest BCUT2D eigenvalue weighted by atomic mass is 10.1. The number of hydrogen-bond acceptors (Lipinski definition) is 2. The van der Waals surface area contributed by atoms with Crippen molar-refractivity contribution in [3.63, 3.8) is 0 Å². The lowest BCUT2D eigenvalue weighted by Gasteiger charge is -2.10. The first-order valence-electron chi connectivity index (χ1n) is 8.13. The fraction of sp³-hybridized carbons (Fsp3) is 0.100. The molecule has 0 radical (unpaired) electrons. The zero-order valence-corrected chi connectivity index (χ0v) is 14.1. The third-order valence-electron chi connectivity index (χ3n) is 3.81. The van der Waals surface area contributed by atoms with Gasteiger partial charge >= 0.3 is 6.18 Å². The molecule has 0 fully saturated rings. The minimum Gasteiger partial charge on any atom is -0.322 e. The highest BCUT2D eigenvalue weighted by atomic mass is 19.4. The summed E-state index contributed by atoms with van der Waals surface area (Å²) in [5.41, 5.74) is 1.02. The average Bonchev–Trinajstić information content (AvgIpc) is 3.14. The Morgan fingerprint density at radius 2 is 1.93 bits per heavy atom. The van der Waals surface area contributed by atoms with E-state index in [9.17, 15) is 18.0 Å². The van der Waals surface area contributed by atoms with Crippen molar-refractivity contribution in [2.45, 2.75) is 12.7 Å². The van der Waals surface area contributed by atoms with Crippen LogP contribution in [0, 0.1) is 0 Å². The number of nitrogens with one attached hydrogen (secondary N) is 1. The maximum absolute atomic E-state index is 12.7.